The molecule has 1 aliphatic carbocycles. The molecule has 2 aliphatic heterocycles. The Morgan fingerprint density at radius 3 is 2.70 bits per heavy atom. The molecule has 0 spiro atoms. The summed E-state index contributed by atoms with van der Waals surface area (Å²) < 4.78 is 17.3. The van der Waals surface area contributed by atoms with Gasteiger partial charge in [0.2, 0.25) is 0 Å². The lowest BCUT2D eigenvalue weighted by atomic mass is 9.93. The van der Waals surface area contributed by atoms with Crippen molar-refractivity contribution < 1.29 is 23.8 Å². The van der Waals surface area contributed by atoms with Crippen LogP contribution in [0.3, 0.4) is 0 Å². The van der Waals surface area contributed by atoms with Gasteiger partial charge in [0.05, 0.1) is 18.2 Å². The Bertz CT molecular complexity index is 1580. The number of aryl methyl sites for hydroxylation is 2. The number of ether oxygens (including phenoxy) is 3. The van der Waals surface area contributed by atoms with Crippen LogP contribution in [0.5, 0.6) is 5.75 Å². The number of esters is 1. The molecule has 0 N–H and O–H groups in total. The number of carbonyl (C=O) groups is 2. The van der Waals surface area contributed by atoms with Crippen molar-refractivity contribution in [3.8, 4) is 17.0 Å². The Kier molecular flexibility index (Phi) is 7.43. The van der Waals surface area contributed by atoms with Crippen LogP contribution < -0.4 is 9.64 Å². The Hall–Kier alpha value is -3.59. The van der Waals surface area contributed by atoms with E-state index in [1.807, 2.05) is 26.8 Å². The first-order valence-corrected chi connectivity index (χ1v) is 15.9. The third kappa shape index (κ3) is 5.37. The molecular formula is C34H41N3O5S. The summed E-state index contributed by atoms with van der Waals surface area (Å²) in [6.45, 7) is 14.4. The number of piperidine rings is 1. The van der Waals surface area contributed by atoms with E-state index in [9.17, 15) is 9.59 Å². The molecule has 43 heavy (non-hydrogen) atoms. The first-order valence-electron chi connectivity index (χ1n) is 15.0. The summed E-state index contributed by atoms with van der Waals surface area (Å²) in [5, 5.41) is 3.01. The number of amides is 1. The number of aromatic nitrogens is 1. The maximum atomic E-state index is 12.7. The average Bonchev–Trinajstić information content (AvgIpc) is 3.34. The van der Waals surface area contributed by atoms with Crippen LogP contribution in [-0.2, 0) is 33.8 Å². The number of nitrogens with zero attached hydrogens (tertiary/aromatic N) is 3. The lowest BCUT2D eigenvalue weighted by Crippen LogP contribution is -2.40. The summed E-state index contributed by atoms with van der Waals surface area (Å²) in [5.41, 5.74) is 6.70. The van der Waals surface area contributed by atoms with Crippen molar-refractivity contribution in [1.82, 2.24) is 9.88 Å². The lowest BCUT2D eigenvalue weighted by Gasteiger charge is -2.32. The number of hydrogen-bond donors (Lipinski definition) is 0. The molecule has 3 aromatic rings. The Morgan fingerprint density at radius 2 is 1.95 bits per heavy atom. The second-order valence-corrected chi connectivity index (χ2v) is 14.1. The van der Waals surface area contributed by atoms with Gasteiger partial charge in [0.15, 0.2) is 5.13 Å². The van der Waals surface area contributed by atoms with Crippen LogP contribution in [0.2, 0.25) is 0 Å². The minimum Gasteiger partial charge on any atom is -0.488 e. The standard InChI is InChI=1S/C34H41N3O5S/c1-20-9-8-10-26(28-19-43-31(35-28)37-16-25-15-34(25,22(37)3)30(38)40-7)29(20)41-18-23-13-21(2)27-17-36(12-11-24(27)14-23)32(39)42-33(4,5)6/h8-10,13-14,19,22,25H,11-12,15-18H2,1-7H3/t22-,25+,34+/m0/s1. The number of carbonyl (C=O) groups excluding carboxylic acids is 2. The van der Waals surface area contributed by atoms with E-state index >= 15 is 0 Å². The van der Waals surface area contributed by atoms with Gasteiger partial charge in [-0.2, -0.15) is 0 Å². The van der Waals surface area contributed by atoms with Gasteiger partial charge in [-0.15, -0.1) is 11.3 Å². The number of rotatable bonds is 6. The monoisotopic (exact) mass is 603 g/mol. The van der Waals surface area contributed by atoms with E-state index in [1.165, 1.54) is 18.2 Å². The van der Waals surface area contributed by atoms with Crippen molar-refractivity contribution in [3.63, 3.8) is 0 Å². The molecule has 6 rings (SSSR count). The van der Waals surface area contributed by atoms with E-state index in [0.717, 1.165) is 58.2 Å². The van der Waals surface area contributed by atoms with Gasteiger partial charge in [-0.05, 0) is 94.2 Å². The second kappa shape index (κ2) is 10.8. The highest BCUT2D eigenvalue weighted by molar-refractivity contribution is 7.14. The van der Waals surface area contributed by atoms with E-state index in [0.29, 0.717) is 25.6 Å². The smallest absolute Gasteiger partial charge is 0.410 e. The van der Waals surface area contributed by atoms with Gasteiger partial charge in [-0.25, -0.2) is 9.78 Å². The third-order valence-corrected chi connectivity index (χ3v) is 10.1. The SMILES string of the molecule is COC(=O)[C@@]12C[C@@H]1CN(c1nc(-c3cccc(C)c3OCc3cc(C)c4c(c3)CCN(C(=O)OC(C)(C)C)C4)cs1)[C@H]2C. The molecule has 3 atom stereocenters. The summed E-state index contributed by atoms with van der Waals surface area (Å²) in [5.74, 6) is 1.06. The van der Waals surface area contributed by atoms with Gasteiger partial charge in [-0.3, -0.25) is 4.79 Å². The maximum absolute atomic E-state index is 12.7. The molecule has 228 valence electrons. The molecule has 3 aliphatic rings. The van der Waals surface area contributed by atoms with Crippen LogP contribution in [0.15, 0.2) is 35.7 Å². The summed E-state index contributed by atoms with van der Waals surface area (Å²) in [4.78, 5) is 34.3. The van der Waals surface area contributed by atoms with Crippen LogP contribution in [0.4, 0.5) is 9.93 Å². The number of para-hydroxylation sites is 1. The van der Waals surface area contributed by atoms with Gasteiger partial charge in [0.25, 0.3) is 0 Å². The number of thiazole rings is 1. The zero-order valence-electron chi connectivity index (χ0n) is 26.2. The van der Waals surface area contributed by atoms with Crippen molar-refractivity contribution >= 4 is 28.5 Å². The molecule has 1 aromatic heterocycles. The number of anilines is 1. The predicted molar refractivity (Wildman–Crippen MR) is 168 cm³/mol. The van der Waals surface area contributed by atoms with Crippen molar-refractivity contribution in [2.24, 2.45) is 11.3 Å². The van der Waals surface area contributed by atoms with E-state index in [1.54, 1.807) is 16.2 Å². The number of benzene rings is 2. The second-order valence-electron chi connectivity index (χ2n) is 13.2. The molecule has 9 heteroatoms. The number of fused-ring (bicyclic) bond motifs is 2. The minimum absolute atomic E-state index is 0.0562. The van der Waals surface area contributed by atoms with E-state index in [2.05, 4.69) is 55.3 Å². The van der Waals surface area contributed by atoms with Crippen molar-refractivity contribution in [1.29, 1.82) is 0 Å². The first-order chi connectivity index (χ1) is 20.4. The molecule has 0 radical (unpaired) electrons. The van der Waals surface area contributed by atoms with Crippen LogP contribution in [0.1, 0.15) is 61.9 Å². The van der Waals surface area contributed by atoms with Crippen molar-refractivity contribution in [2.45, 2.75) is 79.2 Å². The highest BCUT2D eigenvalue weighted by atomic mass is 32.1. The van der Waals surface area contributed by atoms with Gasteiger partial charge in [0.1, 0.15) is 18.0 Å². The van der Waals surface area contributed by atoms with E-state index in [-0.39, 0.29) is 23.5 Å². The molecule has 0 bridgehead atoms. The molecular weight excluding hydrogens is 562 g/mol. The average molecular weight is 604 g/mol. The van der Waals surface area contributed by atoms with E-state index in [4.69, 9.17) is 19.2 Å². The van der Waals surface area contributed by atoms with Gasteiger partial charge in [0, 0.05) is 36.6 Å². The van der Waals surface area contributed by atoms with Gasteiger partial charge in [-0.1, -0.05) is 24.3 Å². The van der Waals surface area contributed by atoms with Crippen LogP contribution in [0.25, 0.3) is 11.3 Å². The third-order valence-electron chi connectivity index (χ3n) is 9.23. The highest BCUT2D eigenvalue weighted by Gasteiger charge is 2.70. The summed E-state index contributed by atoms with van der Waals surface area (Å²) >= 11 is 1.61. The predicted octanol–water partition coefficient (Wildman–Crippen LogP) is 6.69. The first kappa shape index (κ1) is 29.5. The fraction of sp³-hybridized carbons (Fsp3) is 0.500. The molecule has 0 unspecified atom stereocenters. The minimum atomic E-state index is -0.512. The van der Waals surface area contributed by atoms with Gasteiger partial charge < -0.3 is 24.0 Å². The normalized spacial score (nSPS) is 22.6. The number of methoxy groups -OCH3 is 1. The molecule has 2 fully saturated rings. The molecule has 8 nitrogen and oxygen atoms in total. The largest absolute Gasteiger partial charge is 0.488 e. The number of hydrogen-bond acceptors (Lipinski definition) is 8. The summed E-state index contributed by atoms with van der Waals surface area (Å²) in [7, 11) is 1.48. The Morgan fingerprint density at radius 1 is 1.16 bits per heavy atom. The van der Waals surface area contributed by atoms with E-state index < -0.39 is 5.60 Å². The zero-order valence-corrected chi connectivity index (χ0v) is 27.0. The fourth-order valence-electron chi connectivity index (χ4n) is 6.85. The summed E-state index contributed by atoms with van der Waals surface area (Å²) in [6.07, 6.45) is 1.42. The lowest BCUT2D eigenvalue weighted by molar-refractivity contribution is -0.147. The molecule has 1 saturated heterocycles. The molecule has 1 amide bonds. The molecule has 2 aromatic carbocycles. The fourth-order valence-corrected chi connectivity index (χ4v) is 7.76. The Balaban J connectivity index is 1.17. The topological polar surface area (TPSA) is 81.2 Å². The van der Waals surface area contributed by atoms with Gasteiger partial charge >= 0.3 is 12.1 Å². The van der Waals surface area contributed by atoms with Crippen molar-refractivity contribution in [3.05, 3.63) is 63.5 Å². The maximum Gasteiger partial charge on any atom is 0.410 e. The zero-order chi connectivity index (χ0) is 30.7. The molecule has 3 heterocycles. The van der Waals surface area contributed by atoms with Crippen LogP contribution in [-0.4, -0.2) is 53.8 Å². The van der Waals surface area contributed by atoms with Crippen molar-refractivity contribution in [2.75, 3.05) is 25.1 Å². The quantitative estimate of drug-likeness (QED) is 0.291. The van der Waals surface area contributed by atoms with Crippen LogP contribution >= 0.6 is 11.3 Å². The molecule has 1 saturated carbocycles. The van der Waals surface area contributed by atoms with Crippen LogP contribution in [0, 0.1) is 25.2 Å². The highest BCUT2D eigenvalue weighted by Crippen LogP contribution is 2.63. The summed E-state index contributed by atoms with van der Waals surface area (Å²) in [6, 6.07) is 10.6. The Labute approximate surface area is 258 Å².